The number of nitrogens with one attached hydrogen (secondary N) is 1. The van der Waals surface area contributed by atoms with Gasteiger partial charge in [-0.05, 0) is 30.7 Å². The molecule has 0 fully saturated rings. The van der Waals surface area contributed by atoms with E-state index in [0.29, 0.717) is 15.8 Å². The lowest BCUT2D eigenvalue weighted by molar-refractivity contribution is -0.119. The van der Waals surface area contributed by atoms with E-state index in [9.17, 15) is 9.59 Å². The number of aromatic amines is 1. The van der Waals surface area contributed by atoms with Crippen molar-refractivity contribution in [3.05, 3.63) is 47.8 Å². The molecule has 0 saturated heterocycles. The highest BCUT2D eigenvalue weighted by atomic mass is 79.9. The third-order valence-corrected chi connectivity index (χ3v) is 4.86. The Bertz CT molecular complexity index is 935. The van der Waals surface area contributed by atoms with E-state index in [1.165, 1.54) is 17.4 Å². The summed E-state index contributed by atoms with van der Waals surface area (Å²) in [6, 6.07) is 5.69. The quantitative estimate of drug-likeness (QED) is 0.802. The van der Waals surface area contributed by atoms with Gasteiger partial charge in [-0.15, -0.1) is 11.3 Å². The zero-order valence-corrected chi connectivity index (χ0v) is 17.2. The van der Waals surface area contributed by atoms with Crippen LogP contribution in [0.15, 0.2) is 27.5 Å². The molecule has 0 aliphatic carbocycles. The van der Waals surface area contributed by atoms with Gasteiger partial charge in [0.15, 0.2) is 5.78 Å². The minimum atomic E-state index is -0.476. The largest absolute Gasteiger partial charge is 0.493 e. The van der Waals surface area contributed by atoms with Gasteiger partial charge >= 0.3 is 0 Å². The van der Waals surface area contributed by atoms with Crippen LogP contribution >= 0.6 is 27.3 Å². The number of ether oxygens (including phenoxy) is 1. The highest BCUT2D eigenvalue weighted by molar-refractivity contribution is 9.10. The van der Waals surface area contributed by atoms with Gasteiger partial charge in [0.25, 0.3) is 5.56 Å². The first-order chi connectivity index (χ1) is 11.7. The second-order valence-corrected chi connectivity index (χ2v) is 8.72. The van der Waals surface area contributed by atoms with Crippen molar-refractivity contribution < 1.29 is 9.53 Å². The first-order valence-corrected chi connectivity index (χ1v) is 9.71. The summed E-state index contributed by atoms with van der Waals surface area (Å²) in [7, 11) is 0. The van der Waals surface area contributed by atoms with Crippen LogP contribution in [0.2, 0.25) is 0 Å². The monoisotopic (exact) mass is 423 g/mol. The molecule has 2 rings (SSSR count). The van der Waals surface area contributed by atoms with Crippen molar-refractivity contribution in [1.29, 1.82) is 0 Å². The predicted octanol–water partition coefficient (Wildman–Crippen LogP) is 3.21. The van der Waals surface area contributed by atoms with E-state index in [-0.39, 0.29) is 11.3 Å². The van der Waals surface area contributed by atoms with Crippen LogP contribution in [0, 0.1) is 5.41 Å². The maximum atomic E-state index is 12.2. The lowest BCUT2D eigenvalue weighted by atomic mass is 9.91. The molecule has 1 heterocycles. The number of halogens is 1. The van der Waals surface area contributed by atoms with Crippen molar-refractivity contribution in [2.45, 2.75) is 34.1 Å². The Morgan fingerprint density at radius 1 is 1.36 bits per heavy atom. The molecule has 6 heteroatoms. The molecule has 134 valence electrons. The number of benzene rings is 1. The molecule has 0 aliphatic heterocycles. The van der Waals surface area contributed by atoms with Gasteiger partial charge in [0.05, 0.1) is 15.8 Å². The number of aromatic nitrogens is 1. The molecule has 0 saturated carbocycles. The van der Waals surface area contributed by atoms with Crippen LogP contribution < -0.4 is 19.5 Å². The van der Waals surface area contributed by atoms with Crippen LogP contribution in [0.3, 0.4) is 0 Å². The second kappa shape index (κ2) is 8.15. The number of hydrogen-bond acceptors (Lipinski definition) is 4. The number of H-pyrrole nitrogens is 1. The van der Waals surface area contributed by atoms with E-state index >= 15 is 0 Å². The van der Waals surface area contributed by atoms with Crippen molar-refractivity contribution in [3.8, 4) is 5.75 Å². The molecule has 0 aliphatic rings. The van der Waals surface area contributed by atoms with Gasteiger partial charge in [-0.1, -0.05) is 43.6 Å². The lowest BCUT2D eigenvalue weighted by Gasteiger charge is -2.12. The summed E-state index contributed by atoms with van der Waals surface area (Å²) in [4.78, 5) is 27.1. The molecule has 0 bridgehead atoms. The van der Waals surface area contributed by atoms with E-state index < -0.39 is 5.41 Å². The van der Waals surface area contributed by atoms with Crippen molar-refractivity contribution in [1.82, 2.24) is 4.98 Å². The zero-order chi connectivity index (χ0) is 18.6. The molecule has 0 amide bonds. The number of carbonyl (C=O) groups is 1. The molecular weight excluding hydrogens is 402 g/mol. The highest BCUT2D eigenvalue weighted by Crippen LogP contribution is 2.24. The van der Waals surface area contributed by atoms with Crippen molar-refractivity contribution >= 4 is 45.2 Å². The Hall–Kier alpha value is -1.66. The topological polar surface area (TPSA) is 59.2 Å². The Kier molecular flexibility index (Phi) is 6.41. The van der Waals surface area contributed by atoms with Gasteiger partial charge in [-0.2, -0.15) is 0 Å². The Balaban J connectivity index is 2.50. The molecule has 0 unspecified atom stereocenters. The highest BCUT2D eigenvalue weighted by Gasteiger charge is 2.18. The van der Waals surface area contributed by atoms with Gasteiger partial charge in [-0.25, -0.2) is 0 Å². The molecule has 1 aromatic carbocycles. The summed E-state index contributed by atoms with van der Waals surface area (Å²) in [6.07, 6.45) is 4.19. The summed E-state index contributed by atoms with van der Waals surface area (Å²) >= 11 is 4.71. The van der Waals surface area contributed by atoms with E-state index in [1.54, 1.807) is 6.08 Å². The number of thiazole rings is 1. The fourth-order valence-electron chi connectivity index (χ4n) is 1.98. The van der Waals surface area contributed by atoms with Crippen LogP contribution in [0.4, 0.5) is 0 Å². The maximum Gasteiger partial charge on any atom is 0.266 e. The van der Waals surface area contributed by atoms with E-state index in [1.807, 2.05) is 45.9 Å². The Morgan fingerprint density at radius 3 is 2.72 bits per heavy atom. The Morgan fingerprint density at radius 2 is 2.08 bits per heavy atom. The van der Waals surface area contributed by atoms with Crippen molar-refractivity contribution in [2.75, 3.05) is 6.61 Å². The van der Waals surface area contributed by atoms with Gasteiger partial charge in [0, 0.05) is 21.5 Å². The van der Waals surface area contributed by atoms with E-state index in [4.69, 9.17) is 4.74 Å². The molecule has 1 aromatic heterocycles. The number of hydrogen-bond donors (Lipinski definition) is 1. The average Bonchev–Trinajstić information content (AvgIpc) is 2.85. The van der Waals surface area contributed by atoms with Crippen molar-refractivity contribution in [3.63, 3.8) is 0 Å². The number of ketones is 1. The summed E-state index contributed by atoms with van der Waals surface area (Å²) in [6.45, 7) is 8.21. The molecule has 0 radical (unpaired) electrons. The minimum absolute atomic E-state index is 0.0222. The van der Waals surface area contributed by atoms with Gasteiger partial charge in [-0.3, -0.25) is 9.59 Å². The predicted molar refractivity (Wildman–Crippen MR) is 107 cm³/mol. The first-order valence-electron chi connectivity index (χ1n) is 8.10. The lowest BCUT2D eigenvalue weighted by Crippen LogP contribution is -2.22. The SMILES string of the molecule is CCCOc1ccc(Br)cc1/C=c1\s/c(=C\C(=O)C(C)(C)C)[nH]c1=O. The molecule has 25 heavy (non-hydrogen) atoms. The fourth-order valence-corrected chi connectivity index (χ4v) is 3.23. The van der Waals surface area contributed by atoms with Crippen molar-refractivity contribution in [2.24, 2.45) is 5.41 Å². The number of rotatable bonds is 5. The molecular formula is C19H22BrNO3S. The standard InChI is InChI=1S/C19H22BrNO3S/c1-5-8-24-14-7-6-13(20)9-12(14)10-15-18(23)21-17(25-15)11-16(22)19(2,3)4/h6-7,9-11H,5,8H2,1-4H3,(H,21,23)/b15-10-,17-11-. The van der Waals surface area contributed by atoms with Gasteiger partial charge < -0.3 is 9.72 Å². The number of Topliss-reactive ketones (excluding diaryl/α,β-unsaturated/α-hetero) is 1. The summed E-state index contributed by atoms with van der Waals surface area (Å²) in [5.41, 5.74) is 0.138. The average molecular weight is 424 g/mol. The first kappa shape index (κ1) is 19.7. The normalized spacial score (nSPS) is 13.3. The molecule has 1 N–H and O–H groups in total. The summed E-state index contributed by atoms with van der Waals surface area (Å²) < 4.78 is 7.75. The maximum absolute atomic E-state index is 12.2. The smallest absolute Gasteiger partial charge is 0.266 e. The van der Waals surface area contributed by atoms with Gasteiger partial charge in [0.2, 0.25) is 0 Å². The van der Waals surface area contributed by atoms with Crippen LogP contribution in [0.5, 0.6) is 5.75 Å². The van der Waals surface area contributed by atoms with Gasteiger partial charge in [0.1, 0.15) is 5.75 Å². The minimum Gasteiger partial charge on any atom is -0.493 e. The third-order valence-electron chi connectivity index (χ3n) is 3.40. The van der Waals surface area contributed by atoms with Crippen LogP contribution in [-0.4, -0.2) is 17.4 Å². The number of carbonyl (C=O) groups excluding carboxylic acids is 1. The second-order valence-electron chi connectivity index (χ2n) is 6.72. The molecule has 2 aromatic rings. The fraction of sp³-hybridized carbons (Fsp3) is 0.368. The summed E-state index contributed by atoms with van der Waals surface area (Å²) in [5.74, 6) is 0.708. The summed E-state index contributed by atoms with van der Waals surface area (Å²) in [5, 5.41) is 0. The molecule has 4 nitrogen and oxygen atoms in total. The van der Waals surface area contributed by atoms with Crippen LogP contribution in [0.1, 0.15) is 39.7 Å². The van der Waals surface area contributed by atoms with Crippen LogP contribution in [0.25, 0.3) is 12.2 Å². The third kappa shape index (κ3) is 5.41. The Labute approximate surface area is 159 Å². The van der Waals surface area contributed by atoms with E-state index in [0.717, 1.165) is 22.2 Å². The zero-order valence-electron chi connectivity index (χ0n) is 14.8. The molecule has 0 spiro atoms. The van der Waals surface area contributed by atoms with E-state index in [2.05, 4.69) is 20.9 Å². The van der Waals surface area contributed by atoms with Crippen LogP contribution in [-0.2, 0) is 4.79 Å². The molecule has 0 atom stereocenters.